The Balaban J connectivity index is 1.55. The Morgan fingerprint density at radius 3 is 2.54 bits per heavy atom. The van der Waals surface area contributed by atoms with Crippen molar-refractivity contribution in [2.45, 2.75) is 77.1 Å². The van der Waals surface area contributed by atoms with E-state index in [1.54, 1.807) is 0 Å². The molecular formula is C21H34O5. The van der Waals surface area contributed by atoms with Gasteiger partial charge in [0.25, 0.3) is 0 Å². The first-order valence-corrected chi connectivity index (χ1v) is 10.3. The van der Waals surface area contributed by atoms with Crippen molar-refractivity contribution in [3.63, 3.8) is 0 Å². The molecule has 5 nitrogen and oxygen atoms in total. The van der Waals surface area contributed by atoms with Crippen LogP contribution in [0.15, 0.2) is 0 Å². The molecule has 5 heteroatoms. The number of fused-ring (bicyclic) bond motifs is 1. The standard InChI is InChI=1S/C21H34O5/c1-19(2)15-7-10-21(12-26-21)16(20(15,3)9-8-17(19)22)6-5-13(14-11-25-14)18(23)24-4/h13-17,22H,5-12H2,1-4H3/t13?,14?,15?,16-,17+,20+,21?/m1/s1. The van der Waals surface area contributed by atoms with Crippen molar-refractivity contribution < 1.29 is 24.1 Å². The van der Waals surface area contributed by atoms with Crippen LogP contribution in [0.2, 0.25) is 0 Å². The molecule has 148 valence electrons. The summed E-state index contributed by atoms with van der Waals surface area (Å²) in [6.07, 6.45) is 5.70. The van der Waals surface area contributed by atoms with Crippen LogP contribution in [0.5, 0.6) is 0 Å². The number of methoxy groups -OCH3 is 1. The lowest BCUT2D eigenvalue weighted by Gasteiger charge is -2.60. The number of hydrogen-bond acceptors (Lipinski definition) is 5. The molecule has 0 aromatic carbocycles. The second-order valence-electron chi connectivity index (χ2n) is 9.96. The second kappa shape index (κ2) is 6.18. The van der Waals surface area contributed by atoms with E-state index in [0.29, 0.717) is 18.4 Å². The number of rotatable bonds is 5. The molecule has 0 amide bonds. The van der Waals surface area contributed by atoms with E-state index in [1.165, 1.54) is 7.11 Å². The first kappa shape index (κ1) is 18.7. The van der Waals surface area contributed by atoms with Gasteiger partial charge in [0, 0.05) is 0 Å². The monoisotopic (exact) mass is 366 g/mol. The van der Waals surface area contributed by atoms with Gasteiger partial charge < -0.3 is 19.3 Å². The molecular weight excluding hydrogens is 332 g/mol. The Morgan fingerprint density at radius 2 is 1.96 bits per heavy atom. The SMILES string of the molecule is COC(=O)C(CC[C@H]1C2(CCC3C(C)(C)[C@@H](O)CC[C@@]31C)CO2)C1CO1. The molecule has 4 unspecified atom stereocenters. The highest BCUT2D eigenvalue weighted by atomic mass is 16.6. The normalized spacial score (nSPS) is 47.1. The van der Waals surface area contributed by atoms with E-state index >= 15 is 0 Å². The van der Waals surface area contributed by atoms with Gasteiger partial charge in [0.1, 0.15) is 0 Å². The molecule has 1 spiro atoms. The summed E-state index contributed by atoms with van der Waals surface area (Å²) in [6.45, 7) is 8.41. The maximum Gasteiger partial charge on any atom is 0.311 e. The highest BCUT2D eigenvalue weighted by Crippen LogP contribution is 2.66. The number of ether oxygens (including phenoxy) is 3. The Morgan fingerprint density at radius 1 is 1.27 bits per heavy atom. The average molecular weight is 366 g/mol. The quantitative estimate of drug-likeness (QED) is 0.598. The molecule has 26 heavy (non-hydrogen) atoms. The molecule has 2 aliphatic heterocycles. The largest absolute Gasteiger partial charge is 0.469 e. The fraction of sp³-hybridized carbons (Fsp3) is 0.952. The summed E-state index contributed by atoms with van der Waals surface area (Å²) >= 11 is 0. The molecule has 4 aliphatic rings. The molecule has 7 atom stereocenters. The van der Waals surface area contributed by atoms with Gasteiger partial charge in [-0.25, -0.2) is 0 Å². The number of aliphatic hydroxyl groups is 1. The third-order valence-electron chi connectivity index (χ3n) is 8.39. The lowest BCUT2D eigenvalue weighted by molar-refractivity contribution is -0.158. The van der Waals surface area contributed by atoms with E-state index < -0.39 is 0 Å². The van der Waals surface area contributed by atoms with Crippen LogP contribution < -0.4 is 0 Å². The molecule has 1 N–H and O–H groups in total. The summed E-state index contributed by atoms with van der Waals surface area (Å²) in [5.41, 5.74) is 0.0976. The number of aliphatic hydroxyl groups excluding tert-OH is 1. The van der Waals surface area contributed by atoms with Crippen LogP contribution in [0.3, 0.4) is 0 Å². The van der Waals surface area contributed by atoms with Crippen molar-refractivity contribution >= 4 is 5.97 Å². The van der Waals surface area contributed by atoms with E-state index in [0.717, 1.165) is 45.1 Å². The van der Waals surface area contributed by atoms with Crippen molar-refractivity contribution in [1.29, 1.82) is 0 Å². The van der Waals surface area contributed by atoms with Gasteiger partial charge in [0.2, 0.25) is 0 Å². The Bertz CT molecular complexity index is 565. The van der Waals surface area contributed by atoms with Gasteiger partial charge in [-0.1, -0.05) is 20.8 Å². The molecule has 2 aliphatic carbocycles. The second-order valence-corrected chi connectivity index (χ2v) is 9.96. The van der Waals surface area contributed by atoms with Crippen LogP contribution in [0.4, 0.5) is 0 Å². The first-order valence-electron chi connectivity index (χ1n) is 10.3. The summed E-state index contributed by atoms with van der Waals surface area (Å²) in [5.74, 6) is 0.635. The van der Waals surface area contributed by atoms with Crippen molar-refractivity contribution in [3.05, 3.63) is 0 Å². The van der Waals surface area contributed by atoms with Crippen LogP contribution in [-0.4, -0.2) is 49.2 Å². The van der Waals surface area contributed by atoms with E-state index in [-0.39, 0.29) is 40.5 Å². The smallest absolute Gasteiger partial charge is 0.311 e. The van der Waals surface area contributed by atoms with Crippen LogP contribution in [0.25, 0.3) is 0 Å². The van der Waals surface area contributed by atoms with Gasteiger partial charge >= 0.3 is 5.97 Å². The zero-order chi connectivity index (χ0) is 18.7. The zero-order valence-electron chi connectivity index (χ0n) is 16.6. The molecule has 2 saturated carbocycles. The minimum absolute atomic E-state index is 0.00863. The lowest BCUT2D eigenvalue weighted by atomic mass is 9.45. The Kier molecular flexibility index (Phi) is 4.44. The van der Waals surface area contributed by atoms with Gasteiger partial charge in [-0.15, -0.1) is 0 Å². The van der Waals surface area contributed by atoms with Gasteiger partial charge in [-0.05, 0) is 61.2 Å². The Labute approximate surface area is 156 Å². The minimum atomic E-state index is -0.224. The maximum absolute atomic E-state index is 12.2. The molecule has 0 radical (unpaired) electrons. The van der Waals surface area contributed by atoms with Crippen LogP contribution in [0.1, 0.15) is 59.3 Å². The van der Waals surface area contributed by atoms with Crippen molar-refractivity contribution in [1.82, 2.24) is 0 Å². The van der Waals surface area contributed by atoms with E-state index in [1.807, 2.05) is 0 Å². The van der Waals surface area contributed by atoms with Crippen LogP contribution in [0, 0.1) is 28.6 Å². The minimum Gasteiger partial charge on any atom is -0.469 e. The van der Waals surface area contributed by atoms with Gasteiger partial charge in [0.05, 0.1) is 44.1 Å². The lowest BCUT2D eigenvalue weighted by Crippen LogP contribution is -2.58. The topological polar surface area (TPSA) is 71.6 Å². The highest BCUT2D eigenvalue weighted by Gasteiger charge is 2.66. The molecule has 4 fully saturated rings. The number of epoxide rings is 2. The molecule has 2 heterocycles. The fourth-order valence-electron chi connectivity index (χ4n) is 6.63. The highest BCUT2D eigenvalue weighted by molar-refractivity contribution is 5.73. The summed E-state index contributed by atoms with van der Waals surface area (Å²) in [7, 11) is 1.46. The van der Waals surface area contributed by atoms with Gasteiger partial charge in [-0.2, -0.15) is 0 Å². The molecule has 4 rings (SSSR count). The van der Waals surface area contributed by atoms with Crippen LogP contribution in [-0.2, 0) is 19.0 Å². The van der Waals surface area contributed by atoms with E-state index in [4.69, 9.17) is 14.2 Å². The van der Waals surface area contributed by atoms with Crippen molar-refractivity contribution in [2.75, 3.05) is 20.3 Å². The van der Waals surface area contributed by atoms with Crippen LogP contribution >= 0.6 is 0 Å². The molecule has 0 aromatic heterocycles. The number of carbonyl (C=O) groups excluding carboxylic acids is 1. The zero-order valence-corrected chi connectivity index (χ0v) is 16.6. The third kappa shape index (κ3) is 2.82. The molecule has 2 saturated heterocycles. The summed E-state index contributed by atoms with van der Waals surface area (Å²) in [6, 6.07) is 0. The van der Waals surface area contributed by atoms with Crippen molar-refractivity contribution in [2.24, 2.45) is 28.6 Å². The number of carbonyl (C=O) groups is 1. The van der Waals surface area contributed by atoms with Gasteiger partial charge in [0.15, 0.2) is 0 Å². The van der Waals surface area contributed by atoms with Gasteiger partial charge in [-0.3, -0.25) is 4.79 Å². The third-order valence-corrected chi connectivity index (χ3v) is 8.39. The first-order chi connectivity index (χ1) is 12.2. The average Bonchev–Trinajstić information content (AvgIpc) is 3.50. The summed E-state index contributed by atoms with van der Waals surface area (Å²) < 4.78 is 16.5. The predicted molar refractivity (Wildman–Crippen MR) is 96.5 cm³/mol. The number of esters is 1. The van der Waals surface area contributed by atoms with E-state index in [2.05, 4.69) is 20.8 Å². The van der Waals surface area contributed by atoms with Crippen molar-refractivity contribution in [3.8, 4) is 0 Å². The Hall–Kier alpha value is -0.650. The van der Waals surface area contributed by atoms with E-state index in [9.17, 15) is 9.90 Å². The molecule has 0 aromatic rings. The summed E-state index contributed by atoms with van der Waals surface area (Å²) in [5, 5.41) is 10.6. The fourth-order valence-corrected chi connectivity index (χ4v) is 6.63. The maximum atomic E-state index is 12.2. The predicted octanol–water partition coefficient (Wildman–Crippen LogP) is 2.94. The summed E-state index contributed by atoms with van der Waals surface area (Å²) in [4.78, 5) is 12.2. The number of hydrogen-bond donors (Lipinski definition) is 1. The molecule has 0 bridgehead atoms.